The van der Waals surface area contributed by atoms with Crippen LogP contribution in [0.15, 0.2) is 43.2 Å². The molecule has 1 amide bonds. The zero-order chi connectivity index (χ0) is 24.0. The Balaban J connectivity index is 1.43. The lowest BCUT2D eigenvalue weighted by Crippen LogP contribution is -2.48. The second kappa shape index (κ2) is 8.43. The molecule has 8 nitrogen and oxygen atoms in total. The molecule has 34 heavy (non-hydrogen) atoms. The van der Waals surface area contributed by atoms with Gasteiger partial charge in [0.15, 0.2) is 23.2 Å². The summed E-state index contributed by atoms with van der Waals surface area (Å²) in [5, 5.41) is 2.66. The first-order chi connectivity index (χ1) is 16.3. The molecule has 1 aromatic carbocycles. The second-order valence-corrected chi connectivity index (χ2v) is 7.92. The van der Waals surface area contributed by atoms with E-state index in [2.05, 4.69) is 36.5 Å². The largest absolute Gasteiger partial charge is 0.432 e. The first-order valence-electron chi connectivity index (χ1n) is 10.4. The first-order valence-corrected chi connectivity index (χ1v) is 10.4. The fraction of sp³-hybridized carbons (Fsp3) is 0.273. The Bertz CT molecular complexity index is 1290. The highest BCUT2D eigenvalue weighted by molar-refractivity contribution is 5.89. The fourth-order valence-corrected chi connectivity index (χ4v) is 4.45. The number of nitrogens with zero attached hydrogens (tertiary/aromatic N) is 5. The molecule has 4 heterocycles. The molecule has 176 valence electrons. The Morgan fingerprint density at radius 3 is 2.71 bits per heavy atom. The Hall–Kier alpha value is -3.96. The molecule has 2 bridgehead atoms. The summed E-state index contributed by atoms with van der Waals surface area (Å²) >= 11 is 0. The number of benzene rings is 1. The van der Waals surface area contributed by atoms with E-state index in [1.165, 1.54) is 12.4 Å². The Labute approximate surface area is 190 Å². The molecule has 1 N–H and O–H groups in total. The summed E-state index contributed by atoms with van der Waals surface area (Å²) in [6, 6.07) is 4.92. The van der Waals surface area contributed by atoms with Gasteiger partial charge in [0, 0.05) is 25.2 Å². The van der Waals surface area contributed by atoms with E-state index < -0.39 is 24.0 Å². The van der Waals surface area contributed by atoms with Gasteiger partial charge < -0.3 is 19.9 Å². The number of ether oxygens (including phenoxy) is 1. The molecule has 2 fully saturated rings. The predicted molar refractivity (Wildman–Crippen MR) is 115 cm³/mol. The number of halogens is 4. The summed E-state index contributed by atoms with van der Waals surface area (Å²) in [5.41, 5.74) is 0.451. The molecule has 0 radical (unpaired) electrons. The molecule has 2 aliphatic heterocycles. The lowest BCUT2D eigenvalue weighted by molar-refractivity contribution is -0.127. The van der Waals surface area contributed by atoms with Crippen molar-refractivity contribution in [2.75, 3.05) is 23.3 Å². The van der Waals surface area contributed by atoms with E-state index in [9.17, 15) is 22.4 Å². The van der Waals surface area contributed by atoms with Crippen LogP contribution in [0.5, 0.6) is 5.75 Å². The molecule has 3 aromatic rings. The number of carbonyl (C=O) groups is 1. The van der Waals surface area contributed by atoms with Crippen molar-refractivity contribution in [2.24, 2.45) is 0 Å². The van der Waals surface area contributed by atoms with E-state index in [-0.39, 0.29) is 29.5 Å². The number of anilines is 3. The van der Waals surface area contributed by atoms with Crippen molar-refractivity contribution in [1.82, 2.24) is 19.9 Å². The van der Waals surface area contributed by atoms with Crippen LogP contribution in [0.25, 0.3) is 11.0 Å². The summed E-state index contributed by atoms with van der Waals surface area (Å²) in [7, 11) is 0. The lowest BCUT2D eigenvalue weighted by Gasteiger charge is -2.34. The third-order valence-corrected chi connectivity index (χ3v) is 5.95. The number of alkyl halides is 2. The topological polar surface area (TPSA) is 83.5 Å². The number of carbonyl (C=O) groups excluding carboxylic acids is 1. The minimum atomic E-state index is -3.29. The van der Waals surface area contributed by atoms with Gasteiger partial charge in [-0.2, -0.15) is 8.78 Å². The number of rotatable bonds is 6. The average Bonchev–Trinajstić information content (AvgIpc) is 3.42. The lowest BCUT2D eigenvalue weighted by atomic mass is 10.2. The maximum atomic E-state index is 14.5. The monoisotopic (exact) mass is 474 g/mol. The molecule has 12 heteroatoms. The molecule has 0 saturated carbocycles. The summed E-state index contributed by atoms with van der Waals surface area (Å²) in [4.78, 5) is 28.8. The van der Waals surface area contributed by atoms with Crippen molar-refractivity contribution in [1.29, 1.82) is 0 Å². The standard InChI is InChI=1S/C22H18F4N6O2/c1-2-19(33)32-9-11-5-12(32)8-31(11)18-4-3-15-20(30-18)21(28-10-27-15)29-16-6-14(24)17(7-13(16)23)34-22(25)26/h2-4,6-7,10-12,22H,1,5,8-9H2,(H,27,28,29)/t11-,12-/m0/s1. The molecule has 0 spiro atoms. The Morgan fingerprint density at radius 2 is 2.00 bits per heavy atom. The van der Waals surface area contributed by atoms with Gasteiger partial charge in [-0.15, -0.1) is 0 Å². The van der Waals surface area contributed by atoms with Crippen molar-refractivity contribution in [3.8, 4) is 5.75 Å². The maximum absolute atomic E-state index is 14.5. The van der Waals surface area contributed by atoms with Gasteiger partial charge in [-0.3, -0.25) is 4.79 Å². The number of hydrogen-bond donors (Lipinski definition) is 1. The van der Waals surface area contributed by atoms with E-state index in [1.54, 1.807) is 17.0 Å². The third-order valence-electron chi connectivity index (χ3n) is 5.95. The summed E-state index contributed by atoms with van der Waals surface area (Å²) < 4.78 is 57.3. The van der Waals surface area contributed by atoms with Crippen LogP contribution in [0, 0.1) is 11.6 Å². The SMILES string of the molecule is C=CC(=O)N1C[C@@H]2C[C@H]1CN2c1ccc2ncnc(Nc3cc(F)c(OC(F)F)cc3F)c2n1. The molecule has 2 aromatic heterocycles. The molecule has 0 aliphatic carbocycles. The number of pyridine rings is 1. The Kier molecular flexibility index (Phi) is 5.42. The molecule has 2 atom stereocenters. The van der Waals surface area contributed by atoms with Gasteiger partial charge >= 0.3 is 6.61 Å². The number of likely N-dealkylation sites (tertiary alicyclic amines) is 1. The van der Waals surface area contributed by atoms with Gasteiger partial charge in [-0.25, -0.2) is 23.7 Å². The van der Waals surface area contributed by atoms with E-state index in [4.69, 9.17) is 0 Å². The van der Waals surface area contributed by atoms with Crippen LogP contribution in [-0.2, 0) is 4.79 Å². The van der Waals surface area contributed by atoms with Gasteiger partial charge in [-0.05, 0) is 24.6 Å². The highest BCUT2D eigenvalue weighted by Crippen LogP contribution is 2.35. The highest BCUT2D eigenvalue weighted by atomic mass is 19.3. The molecule has 0 unspecified atom stereocenters. The highest BCUT2D eigenvalue weighted by Gasteiger charge is 2.45. The molecule has 2 saturated heterocycles. The normalized spacial score (nSPS) is 19.2. The van der Waals surface area contributed by atoms with Crippen molar-refractivity contribution < 1.29 is 27.1 Å². The number of piperazine rings is 1. The van der Waals surface area contributed by atoms with Crippen LogP contribution in [-0.4, -0.2) is 57.5 Å². The van der Waals surface area contributed by atoms with Crippen molar-refractivity contribution in [3.05, 3.63) is 54.9 Å². The zero-order valence-corrected chi connectivity index (χ0v) is 17.6. The predicted octanol–water partition coefficient (Wildman–Crippen LogP) is 3.62. The number of aromatic nitrogens is 3. The number of fused-ring (bicyclic) bond motifs is 3. The van der Waals surface area contributed by atoms with E-state index in [0.717, 1.165) is 6.42 Å². The smallest absolute Gasteiger partial charge is 0.387 e. The Morgan fingerprint density at radius 1 is 1.18 bits per heavy atom. The third kappa shape index (κ3) is 3.84. The van der Waals surface area contributed by atoms with Crippen LogP contribution in [0.4, 0.5) is 34.9 Å². The fourth-order valence-electron chi connectivity index (χ4n) is 4.45. The summed E-state index contributed by atoms with van der Waals surface area (Å²) in [6.45, 7) is 1.42. The summed E-state index contributed by atoms with van der Waals surface area (Å²) in [6.07, 6.45) is 3.36. The minimum Gasteiger partial charge on any atom is -0.432 e. The van der Waals surface area contributed by atoms with E-state index in [1.807, 2.05) is 0 Å². The first kappa shape index (κ1) is 21.9. The van der Waals surface area contributed by atoms with E-state index in [0.29, 0.717) is 42.1 Å². The van der Waals surface area contributed by atoms with Gasteiger partial charge in [0.05, 0.1) is 23.3 Å². The van der Waals surface area contributed by atoms with Crippen LogP contribution >= 0.6 is 0 Å². The van der Waals surface area contributed by atoms with Crippen LogP contribution in [0.1, 0.15) is 6.42 Å². The van der Waals surface area contributed by atoms with Crippen molar-refractivity contribution in [3.63, 3.8) is 0 Å². The quantitative estimate of drug-likeness (QED) is 0.432. The number of amides is 1. The minimum absolute atomic E-state index is 0.0589. The van der Waals surface area contributed by atoms with Gasteiger partial charge in [0.2, 0.25) is 5.91 Å². The van der Waals surface area contributed by atoms with Gasteiger partial charge in [0.25, 0.3) is 0 Å². The van der Waals surface area contributed by atoms with E-state index >= 15 is 0 Å². The zero-order valence-electron chi connectivity index (χ0n) is 17.6. The van der Waals surface area contributed by atoms with Gasteiger partial charge in [-0.1, -0.05) is 6.58 Å². The molecular weight excluding hydrogens is 456 g/mol. The second-order valence-electron chi connectivity index (χ2n) is 7.92. The maximum Gasteiger partial charge on any atom is 0.387 e. The van der Waals surface area contributed by atoms with Crippen molar-refractivity contribution >= 4 is 34.3 Å². The number of hydrogen-bond acceptors (Lipinski definition) is 7. The average molecular weight is 474 g/mol. The molecular formula is C22H18F4N6O2. The van der Waals surface area contributed by atoms with Crippen LogP contribution < -0.4 is 15.0 Å². The summed E-state index contributed by atoms with van der Waals surface area (Å²) in [5.74, 6) is -2.43. The number of nitrogens with one attached hydrogen (secondary N) is 1. The van der Waals surface area contributed by atoms with Crippen molar-refractivity contribution in [2.45, 2.75) is 25.1 Å². The van der Waals surface area contributed by atoms with Crippen LogP contribution in [0.2, 0.25) is 0 Å². The van der Waals surface area contributed by atoms with Crippen LogP contribution in [0.3, 0.4) is 0 Å². The molecule has 2 aliphatic rings. The molecule has 5 rings (SSSR count). The van der Waals surface area contributed by atoms with Gasteiger partial charge in [0.1, 0.15) is 17.7 Å².